The first kappa shape index (κ1) is 12.8. The van der Waals surface area contributed by atoms with Gasteiger partial charge in [-0.25, -0.2) is 0 Å². The van der Waals surface area contributed by atoms with Crippen molar-refractivity contribution in [1.82, 2.24) is 9.80 Å². The molecule has 0 aromatic rings. The van der Waals surface area contributed by atoms with Gasteiger partial charge in [0.05, 0.1) is 6.54 Å². The molecule has 0 aromatic heterocycles. The van der Waals surface area contributed by atoms with E-state index in [0.29, 0.717) is 18.0 Å². The minimum Gasteiger partial charge on any atom is -0.342 e. The van der Waals surface area contributed by atoms with Gasteiger partial charge in [-0.1, -0.05) is 6.42 Å². The average Bonchev–Trinajstić information content (AvgIpc) is 2.60. The number of nitrogens with two attached hydrogens (primary N) is 1. The summed E-state index contributed by atoms with van der Waals surface area (Å²) in [6.45, 7) is 2.33. The molecular formula is C13H25N3O. The van der Waals surface area contributed by atoms with E-state index < -0.39 is 0 Å². The van der Waals surface area contributed by atoms with Gasteiger partial charge in [0.2, 0.25) is 5.91 Å². The van der Waals surface area contributed by atoms with Gasteiger partial charge in [0.1, 0.15) is 0 Å². The van der Waals surface area contributed by atoms with Crippen LogP contribution in [0.3, 0.4) is 0 Å². The molecule has 2 fully saturated rings. The molecule has 1 heterocycles. The molecular weight excluding hydrogens is 214 g/mol. The van der Waals surface area contributed by atoms with Crippen molar-refractivity contribution in [3.8, 4) is 0 Å². The monoisotopic (exact) mass is 239 g/mol. The summed E-state index contributed by atoms with van der Waals surface area (Å²) in [7, 11) is 3.88. The second kappa shape index (κ2) is 4.94. The van der Waals surface area contributed by atoms with Gasteiger partial charge in [-0.2, -0.15) is 0 Å². The molecule has 0 aromatic carbocycles. The summed E-state index contributed by atoms with van der Waals surface area (Å²) in [6.07, 6.45) is 5.92. The molecule has 1 unspecified atom stereocenters. The zero-order chi connectivity index (χ0) is 12.5. The van der Waals surface area contributed by atoms with Crippen LogP contribution in [-0.2, 0) is 4.79 Å². The second-order valence-corrected chi connectivity index (χ2v) is 5.98. The quantitative estimate of drug-likeness (QED) is 0.770. The lowest BCUT2D eigenvalue weighted by molar-refractivity contribution is -0.134. The third-order valence-electron chi connectivity index (χ3n) is 4.54. The maximum atomic E-state index is 11.9. The van der Waals surface area contributed by atoms with E-state index >= 15 is 0 Å². The summed E-state index contributed by atoms with van der Waals surface area (Å²) in [4.78, 5) is 15.9. The van der Waals surface area contributed by atoms with Crippen LogP contribution in [-0.4, -0.2) is 55.5 Å². The van der Waals surface area contributed by atoms with Gasteiger partial charge >= 0.3 is 0 Å². The van der Waals surface area contributed by atoms with E-state index in [0.717, 1.165) is 25.9 Å². The van der Waals surface area contributed by atoms with Crippen LogP contribution < -0.4 is 5.73 Å². The molecule has 1 atom stereocenters. The first-order chi connectivity index (χ1) is 8.03. The summed E-state index contributed by atoms with van der Waals surface area (Å²) >= 11 is 0. The van der Waals surface area contributed by atoms with Gasteiger partial charge in [0.25, 0.3) is 0 Å². The van der Waals surface area contributed by atoms with Crippen molar-refractivity contribution < 1.29 is 4.79 Å². The molecule has 4 nitrogen and oxygen atoms in total. The molecule has 98 valence electrons. The van der Waals surface area contributed by atoms with Crippen molar-refractivity contribution in [1.29, 1.82) is 0 Å². The van der Waals surface area contributed by atoms with Gasteiger partial charge in [0.15, 0.2) is 0 Å². The average molecular weight is 239 g/mol. The number of hydrogen-bond acceptors (Lipinski definition) is 3. The Labute approximate surface area is 104 Å². The highest BCUT2D eigenvalue weighted by Crippen LogP contribution is 2.45. The fourth-order valence-electron chi connectivity index (χ4n) is 3.36. The Kier molecular flexibility index (Phi) is 3.73. The van der Waals surface area contributed by atoms with Gasteiger partial charge in [-0.15, -0.1) is 0 Å². The van der Waals surface area contributed by atoms with Crippen LogP contribution in [0.4, 0.5) is 0 Å². The van der Waals surface area contributed by atoms with Gasteiger partial charge in [-0.05, 0) is 45.2 Å². The van der Waals surface area contributed by atoms with E-state index in [1.165, 1.54) is 19.3 Å². The largest absolute Gasteiger partial charge is 0.342 e. The van der Waals surface area contributed by atoms with Crippen molar-refractivity contribution >= 4 is 5.91 Å². The Hall–Kier alpha value is -0.610. The van der Waals surface area contributed by atoms with Gasteiger partial charge in [-0.3, -0.25) is 4.79 Å². The standard InChI is InChI=1S/C13H25N3O/c1-15(2)10-12(17)16-8-6-13(7-9-16)5-3-4-11(13)14/h11H,3-10,14H2,1-2H3. The smallest absolute Gasteiger partial charge is 0.236 e. The zero-order valence-electron chi connectivity index (χ0n) is 11.1. The highest BCUT2D eigenvalue weighted by atomic mass is 16.2. The molecule has 17 heavy (non-hydrogen) atoms. The third-order valence-corrected chi connectivity index (χ3v) is 4.54. The minimum absolute atomic E-state index is 0.261. The SMILES string of the molecule is CN(C)CC(=O)N1CCC2(CCCC2N)CC1. The topological polar surface area (TPSA) is 49.6 Å². The lowest BCUT2D eigenvalue weighted by Gasteiger charge is -2.42. The van der Waals surface area contributed by atoms with Crippen LogP contribution in [0.15, 0.2) is 0 Å². The van der Waals surface area contributed by atoms with E-state index in [1.807, 2.05) is 23.9 Å². The summed E-state index contributed by atoms with van der Waals surface area (Å²) in [6, 6.07) is 0.369. The number of amides is 1. The number of carbonyl (C=O) groups excluding carboxylic acids is 1. The molecule has 1 aliphatic carbocycles. The first-order valence-corrected chi connectivity index (χ1v) is 6.72. The Morgan fingerprint density at radius 1 is 1.35 bits per heavy atom. The number of nitrogens with zero attached hydrogens (tertiary/aromatic N) is 2. The molecule has 1 saturated heterocycles. The lowest BCUT2D eigenvalue weighted by atomic mass is 9.74. The number of hydrogen-bond donors (Lipinski definition) is 1. The highest BCUT2D eigenvalue weighted by molar-refractivity contribution is 5.78. The van der Waals surface area contributed by atoms with E-state index in [2.05, 4.69) is 0 Å². The van der Waals surface area contributed by atoms with Crippen molar-refractivity contribution in [3.05, 3.63) is 0 Å². The normalized spacial score (nSPS) is 28.0. The Balaban J connectivity index is 1.87. The molecule has 0 radical (unpaired) electrons. The van der Waals surface area contributed by atoms with Crippen LogP contribution in [0, 0.1) is 5.41 Å². The molecule has 0 bridgehead atoms. The van der Waals surface area contributed by atoms with Gasteiger partial charge < -0.3 is 15.5 Å². The number of carbonyl (C=O) groups is 1. The Morgan fingerprint density at radius 3 is 2.47 bits per heavy atom. The Morgan fingerprint density at radius 2 is 2.00 bits per heavy atom. The summed E-state index contributed by atoms with van der Waals surface area (Å²) < 4.78 is 0. The van der Waals surface area contributed by atoms with Crippen molar-refractivity contribution in [2.45, 2.75) is 38.1 Å². The fraction of sp³-hybridized carbons (Fsp3) is 0.923. The molecule has 4 heteroatoms. The molecule has 2 N–H and O–H groups in total. The van der Waals surface area contributed by atoms with E-state index in [-0.39, 0.29) is 5.91 Å². The zero-order valence-corrected chi connectivity index (χ0v) is 11.1. The lowest BCUT2D eigenvalue weighted by Crippen LogP contribution is -2.50. The summed E-state index contributed by atoms with van der Waals surface area (Å²) in [5, 5.41) is 0. The summed E-state index contributed by atoms with van der Waals surface area (Å²) in [5.41, 5.74) is 6.59. The predicted octanol–water partition coefficient (Wildman–Crippen LogP) is 0.668. The highest BCUT2D eigenvalue weighted by Gasteiger charge is 2.43. The van der Waals surface area contributed by atoms with E-state index in [1.54, 1.807) is 0 Å². The predicted molar refractivity (Wildman–Crippen MR) is 68.6 cm³/mol. The number of rotatable bonds is 2. The molecule has 1 amide bonds. The molecule has 1 spiro atoms. The number of likely N-dealkylation sites (N-methyl/N-ethyl adjacent to an activating group) is 1. The maximum absolute atomic E-state index is 11.9. The summed E-state index contributed by atoms with van der Waals surface area (Å²) in [5.74, 6) is 0.261. The second-order valence-electron chi connectivity index (χ2n) is 5.98. The van der Waals surface area contributed by atoms with Crippen molar-refractivity contribution in [2.75, 3.05) is 33.7 Å². The van der Waals surface area contributed by atoms with Crippen LogP contribution in [0.5, 0.6) is 0 Å². The van der Waals surface area contributed by atoms with Crippen LogP contribution in [0.1, 0.15) is 32.1 Å². The number of piperidine rings is 1. The van der Waals surface area contributed by atoms with Crippen LogP contribution >= 0.6 is 0 Å². The third kappa shape index (κ3) is 2.63. The first-order valence-electron chi connectivity index (χ1n) is 6.72. The molecule has 1 aliphatic heterocycles. The van der Waals surface area contributed by atoms with Crippen LogP contribution in [0.25, 0.3) is 0 Å². The Bertz CT molecular complexity index is 282. The van der Waals surface area contributed by atoms with Crippen molar-refractivity contribution in [2.24, 2.45) is 11.1 Å². The molecule has 2 aliphatic rings. The number of likely N-dealkylation sites (tertiary alicyclic amines) is 1. The van der Waals surface area contributed by atoms with Crippen molar-refractivity contribution in [3.63, 3.8) is 0 Å². The van der Waals surface area contributed by atoms with E-state index in [9.17, 15) is 4.79 Å². The van der Waals surface area contributed by atoms with Crippen LogP contribution in [0.2, 0.25) is 0 Å². The molecule has 2 rings (SSSR count). The van der Waals surface area contributed by atoms with E-state index in [4.69, 9.17) is 5.73 Å². The minimum atomic E-state index is 0.261. The van der Waals surface area contributed by atoms with Gasteiger partial charge in [0, 0.05) is 19.1 Å². The maximum Gasteiger partial charge on any atom is 0.236 e. The molecule has 1 saturated carbocycles. The fourth-order valence-corrected chi connectivity index (χ4v) is 3.36.